The minimum absolute atomic E-state index is 0.101. The number of hydrogen-bond acceptors (Lipinski definition) is 8. The minimum Gasteiger partial charge on any atom is -0.369 e. The summed E-state index contributed by atoms with van der Waals surface area (Å²) in [5.41, 5.74) is 3.17. The van der Waals surface area contributed by atoms with Gasteiger partial charge in [0.1, 0.15) is 6.33 Å². The number of amides is 1. The number of piperazine rings is 1. The molecular weight excluding hydrogens is 372 g/mol. The van der Waals surface area contributed by atoms with Crippen LogP contribution in [0.2, 0.25) is 0 Å². The Bertz CT molecular complexity index is 961. The summed E-state index contributed by atoms with van der Waals surface area (Å²) < 4.78 is 5.16. The van der Waals surface area contributed by atoms with E-state index in [-0.39, 0.29) is 12.3 Å². The summed E-state index contributed by atoms with van der Waals surface area (Å²) in [4.78, 5) is 25.2. The molecule has 0 atom stereocenters. The molecule has 0 unspecified atom stereocenters. The number of H-pyrrole nitrogens is 1. The van der Waals surface area contributed by atoms with Gasteiger partial charge < -0.3 is 19.6 Å². The molecule has 0 saturated carbocycles. The van der Waals surface area contributed by atoms with Gasteiger partial charge in [0, 0.05) is 50.4 Å². The summed E-state index contributed by atoms with van der Waals surface area (Å²) >= 11 is 0. The van der Waals surface area contributed by atoms with Gasteiger partial charge in [-0.3, -0.25) is 9.89 Å². The number of nitrogens with one attached hydrogen (secondary N) is 2. The number of aryl methyl sites for hydroxylation is 2. The number of aromatic amines is 1. The van der Waals surface area contributed by atoms with Crippen LogP contribution in [0.3, 0.4) is 0 Å². The van der Waals surface area contributed by atoms with Gasteiger partial charge in [0.15, 0.2) is 5.82 Å². The van der Waals surface area contributed by atoms with E-state index >= 15 is 0 Å². The predicted molar refractivity (Wildman–Crippen MR) is 108 cm³/mol. The molecule has 1 aliphatic rings. The zero-order valence-electron chi connectivity index (χ0n) is 16.6. The van der Waals surface area contributed by atoms with Gasteiger partial charge >= 0.3 is 0 Å². The molecule has 10 nitrogen and oxygen atoms in total. The Morgan fingerprint density at radius 2 is 2.10 bits per heavy atom. The lowest BCUT2D eigenvalue weighted by atomic mass is 10.1. The first-order chi connectivity index (χ1) is 14.1. The summed E-state index contributed by atoms with van der Waals surface area (Å²) in [6, 6.07) is 6.05. The molecule has 3 aromatic rings. The van der Waals surface area contributed by atoms with E-state index in [1.807, 2.05) is 12.1 Å². The summed E-state index contributed by atoms with van der Waals surface area (Å²) in [5, 5.41) is 13.2. The second-order valence-corrected chi connectivity index (χ2v) is 7.19. The van der Waals surface area contributed by atoms with Gasteiger partial charge in [-0.1, -0.05) is 5.16 Å². The molecule has 0 bridgehead atoms. The van der Waals surface area contributed by atoms with Crippen LogP contribution < -0.4 is 10.2 Å². The maximum atomic E-state index is 12.3. The Morgan fingerprint density at radius 3 is 2.83 bits per heavy atom. The number of likely N-dealkylation sites (N-methyl/N-ethyl adjacent to an activating group) is 1. The molecule has 1 fully saturated rings. The van der Waals surface area contributed by atoms with Crippen molar-refractivity contribution in [1.29, 1.82) is 0 Å². The molecular formula is C19H24N8O2. The van der Waals surface area contributed by atoms with Crippen molar-refractivity contribution in [3.8, 4) is 11.6 Å². The van der Waals surface area contributed by atoms with Gasteiger partial charge in [-0.25, -0.2) is 4.98 Å². The van der Waals surface area contributed by atoms with Crippen LogP contribution in [0.4, 0.5) is 11.4 Å². The van der Waals surface area contributed by atoms with Crippen LogP contribution in [-0.4, -0.2) is 69.4 Å². The van der Waals surface area contributed by atoms with Crippen LogP contribution in [0.15, 0.2) is 29.0 Å². The van der Waals surface area contributed by atoms with Crippen molar-refractivity contribution < 1.29 is 9.32 Å². The average molecular weight is 396 g/mol. The van der Waals surface area contributed by atoms with Crippen molar-refractivity contribution in [3.63, 3.8) is 0 Å². The zero-order chi connectivity index (χ0) is 20.2. The molecule has 29 heavy (non-hydrogen) atoms. The summed E-state index contributed by atoms with van der Waals surface area (Å²) in [6.07, 6.45) is 1.97. The Labute approximate surface area is 168 Å². The third-order valence-electron chi connectivity index (χ3n) is 4.99. The van der Waals surface area contributed by atoms with Crippen molar-refractivity contribution in [3.05, 3.63) is 36.0 Å². The van der Waals surface area contributed by atoms with Crippen LogP contribution in [0.5, 0.6) is 0 Å². The minimum atomic E-state index is -0.101. The smallest absolute Gasteiger partial charge is 0.239 e. The lowest BCUT2D eigenvalue weighted by Gasteiger charge is -2.35. The number of carbonyl (C=O) groups excluding carboxylic acids is 1. The predicted octanol–water partition coefficient (Wildman–Crippen LogP) is 1.49. The van der Waals surface area contributed by atoms with Gasteiger partial charge in [0.25, 0.3) is 0 Å². The number of carbonyl (C=O) groups is 1. The van der Waals surface area contributed by atoms with E-state index in [1.54, 1.807) is 0 Å². The molecule has 1 saturated heterocycles. The van der Waals surface area contributed by atoms with Crippen LogP contribution >= 0.6 is 0 Å². The summed E-state index contributed by atoms with van der Waals surface area (Å²) in [7, 11) is 2.14. The highest BCUT2D eigenvalue weighted by molar-refractivity contribution is 5.91. The number of aromatic nitrogens is 5. The van der Waals surface area contributed by atoms with Crippen LogP contribution in [0.1, 0.15) is 17.9 Å². The van der Waals surface area contributed by atoms with Crippen molar-refractivity contribution in [1.82, 2.24) is 30.2 Å². The monoisotopic (exact) mass is 396 g/mol. The van der Waals surface area contributed by atoms with Crippen molar-refractivity contribution in [2.75, 3.05) is 43.4 Å². The first-order valence-electron chi connectivity index (χ1n) is 9.61. The maximum absolute atomic E-state index is 12.3. The number of hydrogen-bond donors (Lipinski definition) is 2. The second-order valence-electron chi connectivity index (χ2n) is 7.19. The molecule has 0 radical (unpaired) electrons. The molecule has 1 aliphatic heterocycles. The second kappa shape index (κ2) is 8.39. The fraction of sp³-hybridized carbons (Fsp3) is 0.421. The standard InChI is InChI=1S/C19H24N8O2/c1-13-11-14(3-4-15(13)27-9-7-26(2)8-10-27)22-16(28)5-6-17-23-19(25-29-17)18-20-12-21-24-18/h3-4,11-12H,5-10H2,1-2H3,(H,22,28)(H,20,21,24). The molecule has 0 aliphatic carbocycles. The van der Waals surface area contributed by atoms with E-state index in [4.69, 9.17) is 4.52 Å². The molecule has 152 valence electrons. The molecule has 2 aromatic heterocycles. The van der Waals surface area contributed by atoms with Gasteiger partial charge in [-0.2, -0.15) is 10.1 Å². The van der Waals surface area contributed by atoms with E-state index in [2.05, 4.69) is 60.5 Å². The third kappa shape index (κ3) is 4.60. The van der Waals surface area contributed by atoms with Crippen molar-refractivity contribution >= 4 is 17.3 Å². The largest absolute Gasteiger partial charge is 0.369 e. The SMILES string of the molecule is Cc1cc(NC(=O)CCc2nc(-c3ncn[nH]3)no2)ccc1N1CCN(C)CC1. The van der Waals surface area contributed by atoms with Gasteiger partial charge in [-0.15, -0.1) is 0 Å². The first kappa shape index (κ1) is 19.1. The summed E-state index contributed by atoms with van der Waals surface area (Å²) in [6.45, 7) is 6.23. The lowest BCUT2D eigenvalue weighted by Crippen LogP contribution is -2.44. The Hall–Kier alpha value is -3.27. The Balaban J connectivity index is 1.31. The van der Waals surface area contributed by atoms with E-state index in [0.29, 0.717) is 24.0 Å². The molecule has 3 heterocycles. The van der Waals surface area contributed by atoms with E-state index in [0.717, 1.165) is 37.4 Å². The van der Waals surface area contributed by atoms with Gasteiger partial charge in [0.2, 0.25) is 17.6 Å². The topological polar surface area (TPSA) is 116 Å². The van der Waals surface area contributed by atoms with E-state index in [1.165, 1.54) is 12.0 Å². The average Bonchev–Trinajstić information content (AvgIpc) is 3.39. The highest BCUT2D eigenvalue weighted by Crippen LogP contribution is 2.24. The van der Waals surface area contributed by atoms with Crippen molar-refractivity contribution in [2.45, 2.75) is 19.8 Å². The fourth-order valence-electron chi connectivity index (χ4n) is 3.35. The maximum Gasteiger partial charge on any atom is 0.239 e. The molecule has 0 spiro atoms. The Morgan fingerprint density at radius 1 is 1.28 bits per heavy atom. The van der Waals surface area contributed by atoms with Crippen molar-refractivity contribution in [2.24, 2.45) is 0 Å². The molecule has 10 heteroatoms. The Kier molecular flexibility index (Phi) is 5.52. The molecule has 1 amide bonds. The van der Waals surface area contributed by atoms with Crippen LogP contribution in [0.25, 0.3) is 11.6 Å². The number of rotatable bonds is 6. The molecule has 4 rings (SSSR count). The van der Waals surface area contributed by atoms with Crippen LogP contribution in [-0.2, 0) is 11.2 Å². The number of nitrogens with zero attached hydrogens (tertiary/aromatic N) is 6. The van der Waals surface area contributed by atoms with E-state index < -0.39 is 0 Å². The third-order valence-corrected chi connectivity index (χ3v) is 4.99. The quantitative estimate of drug-likeness (QED) is 0.644. The molecule has 2 N–H and O–H groups in total. The summed E-state index contributed by atoms with van der Waals surface area (Å²) in [5.74, 6) is 1.04. The van der Waals surface area contributed by atoms with E-state index in [9.17, 15) is 4.79 Å². The van der Waals surface area contributed by atoms with Crippen LogP contribution in [0, 0.1) is 6.92 Å². The number of benzene rings is 1. The fourth-order valence-corrected chi connectivity index (χ4v) is 3.35. The zero-order valence-corrected chi connectivity index (χ0v) is 16.6. The number of anilines is 2. The lowest BCUT2D eigenvalue weighted by molar-refractivity contribution is -0.116. The van der Waals surface area contributed by atoms with Gasteiger partial charge in [0.05, 0.1) is 0 Å². The highest BCUT2D eigenvalue weighted by Gasteiger charge is 2.17. The van der Waals surface area contributed by atoms with Gasteiger partial charge in [-0.05, 0) is 37.7 Å². The highest BCUT2D eigenvalue weighted by atomic mass is 16.5. The first-order valence-corrected chi connectivity index (χ1v) is 9.61. The molecule has 1 aromatic carbocycles. The normalized spacial score (nSPS) is 14.9.